The summed E-state index contributed by atoms with van der Waals surface area (Å²) in [5, 5.41) is 3.26. The second-order valence-electron chi connectivity index (χ2n) is 6.01. The first-order valence-corrected chi connectivity index (χ1v) is 8.27. The highest BCUT2D eigenvalue weighted by molar-refractivity contribution is 14.0. The van der Waals surface area contributed by atoms with Crippen LogP contribution >= 0.6 is 24.0 Å². The molecule has 1 aromatic carbocycles. The Balaban J connectivity index is 0.00000312. The van der Waals surface area contributed by atoms with Gasteiger partial charge in [-0.05, 0) is 18.1 Å². The van der Waals surface area contributed by atoms with Crippen LogP contribution < -0.4 is 5.32 Å². The number of aryl methyl sites for hydroxylation is 1. The highest BCUT2D eigenvalue weighted by Gasteiger charge is 2.25. The van der Waals surface area contributed by atoms with Gasteiger partial charge in [-0.2, -0.15) is 0 Å². The van der Waals surface area contributed by atoms with Crippen LogP contribution in [0.1, 0.15) is 24.2 Å². The number of ether oxygens (including phenoxy) is 2. The molecular formula is C18H28IN3O3. The minimum atomic E-state index is -0.224. The number of halogens is 1. The summed E-state index contributed by atoms with van der Waals surface area (Å²) in [6.07, 6.45) is 0.0246. The monoisotopic (exact) mass is 461 g/mol. The van der Waals surface area contributed by atoms with Gasteiger partial charge in [0.05, 0.1) is 26.2 Å². The third kappa shape index (κ3) is 5.85. The summed E-state index contributed by atoms with van der Waals surface area (Å²) >= 11 is 0. The smallest absolute Gasteiger partial charge is 0.310 e. The lowest BCUT2D eigenvalue weighted by Gasteiger charge is -2.36. The lowest BCUT2D eigenvalue weighted by atomic mass is 10.0. The molecule has 2 unspecified atom stereocenters. The number of hydrogen-bond donors (Lipinski definition) is 1. The van der Waals surface area contributed by atoms with Gasteiger partial charge in [-0.3, -0.25) is 9.79 Å². The minimum Gasteiger partial charge on any atom is -0.469 e. The molecule has 1 aromatic rings. The standard InChI is InChI=1S/C18H27N3O3.HI/c1-13-7-5-6-8-15(13)16-12-21(9-10-24-16)18(19-3)20-11-14(2)17(22)23-4;/h5-8,14,16H,9-12H2,1-4H3,(H,19,20);1H. The predicted molar refractivity (Wildman–Crippen MR) is 109 cm³/mol. The molecular weight excluding hydrogens is 433 g/mol. The van der Waals surface area contributed by atoms with Crippen molar-refractivity contribution in [3.8, 4) is 0 Å². The van der Waals surface area contributed by atoms with Crippen LogP contribution in [0, 0.1) is 12.8 Å². The first kappa shape index (κ1) is 21.7. The molecule has 0 spiro atoms. The van der Waals surface area contributed by atoms with E-state index >= 15 is 0 Å². The number of aliphatic imine (C=N–C) groups is 1. The summed E-state index contributed by atoms with van der Waals surface area (Å²) in [5.74, 6) is 0.338. The first-order valence-electron chi connectivity index (χ1n) is 8.27. The van der Waals surface area contributed by atoms with Gasteiger partial charge in [0.1, 0.15) is 6.10 Å². The molecule has 25 heavy (non-hydrogen) atoms. The molecule has 1 N–H and O–H groups in total. The van der Waals surface area contributed by atoms with Gasteiger partial charge in [-0.15, -0.1) is 24.0 Å². The van der Waals surface area contributed by atoms with Crippen molar-refractivity contribution in [3.05, 3.63) is 35.4 Å². The fraction of sp³-hybridized carbons (Fsp3) is 0.556. The summed E-state index contributed by atoms with van der Waals surface area (Å²) in [6.45, 7) is 6.58. The minimum absolute atomic E-state index is 0. The van der Waals surface area contributed by atoms with Gasteiger partial charge < -0.3 is 19.7 Å². The van der Waals surface area contributed by atoms with E-state index < -0.39 is 0 Å². The van der Waals surface area contributed by atoms with E-state index in [0.29, 0.717) is 13.2 Å². The van der Waals surface area contributed by atoms with Crippen molar-refractivity contribution >= 4 is 35.9 Å². The molecule has 2 atom stereocenters. The second kappa shape index (κ2) is 10.6. The molecule has 0 bridgehead atoms. The number of carbonyl (C=O) groups is 1. The molecule has 140 valence electrons. The maximum Gasteiger partial charge on any atom is 0.310 e. The number of benzene rings is 1. The van der Waals surface area contributed by atoms with Gasteiger partial charge in [0.2, 0.25) is 0 Å². The van der Waals surface area contributed by atoms with Crippen LogP contribution in [-0.2, 0) is 14.3 Å². The van der Waals surface area contributed by atoms with Crippen LogP contribution in [0.3, 0.4) is 0 Å². The van der Waals surface area contributed by atoms with Gasteiger partial charge >= 0.3 is 5.97 Å². The highest BCUT2D eigenvalue weighted by Crippen LogP contribution is 2.24. The quantitative estimate of drug-likeness (QED) is 0.323. The predicted octanol–water partition coefficient (Wildman–Crippen LogP) is 2.37. The van der Waals surface area contributed by atoms with Crippen LogP contribution in [-0.4, -0.2) is 57.2 Å². The molecule has 2 rings (SSSR count). The highest BCUT2D eigenvalue weighted by atomic mass is 127. The van der Waals surface area contributed by atoms with Crippen molar-refractivity contribution in [2.45, 2.75) is 20.0 Å². The Bertz CT molecular complexity index is 595. The van der Waals surface area contributed by atoms with E-state index in [1.807, 2.05) is 19.1 Å². The zero-order valence-corrected chi connectivity index (χ0v) is 17.7. The van der Waals surface area contributed by atoms with Crippen LogP contribution in [0.15, 0.2) is 29.3 Å². The molecule has 0 saturated carbocycles. The van der Waals surface area contributed by atoms with Crippen molar-refractivity contribution in [1.29, 1.82) is 0 Å². The average molecular weight is 461 g/mol. The maximum absolute atomic E-state index is 11.5. The van der Waals surface area contributed by atoms with Crippen LogP contribution in [0.5, 0.6) is 0 Å². The van der Waals surface area contributed by atoms with Gasteiger partial charge in [0.25, 0.3) is 0 Å². The molecule has 1 heterocycles. The van der Waals surface area contributed by atoms with Gasteiger partial charge in [0.15, 0.2) is 5.96 Å². The number of methoxy groups -OCH3 is 1. The van der Waals surface area contributed by atoms with E-state index in [-0.39, 0.29) is 42.0 Å². The van der Waals surface area contributed by atoms with Gasteiger partial charge in [0, 0.05) is 20.1 Å². The van der Waals surface area contributed by atoms with Gasteiger partial charge in [-0.25, -0.2) is 0 Å². The van der Waals surface area contributed by atoms with Crippen molar-refractivity contribution < 1.29 is 14.3 Å². The summed E-state index contributed by atoms with van der Waals surface area (Å²) < 4.78 is 10.7. The molecule has 1 aliphatic heterocycles. The second-order valence-corrected chi connectivity index (χ2v) is 6.01. The summed E-state index contributed by atoms with van der Waals surface area (Å²) in [6, 6.07) is 8.28. The SMILES string of the molecule is CN=C(NCC(C)C(=O)OC)N1CCOC(c2ccccc2C)C1.I. The van der Waals surface area contributed by atoms with Crippen molar-refractivity contribution in [2.24, 2.45) is 10.9 Å². The zero-order valence-electron chi connectivity index (χ0n) is 15.3. The molecule has 0 aromatic heterocycles. The van der Waals surface area contributed by atoms with E-state index in [1.54, 1.807) is 7.05 Å². The van der Waals surface area contributed by atoms with E-state index in [0.717, 1.165) is 19.0 Å². The number of nitrogens with zero attached hydrogens (tertiary/aromatic N) is 2. The lowest BCUT2D eigenvalue weighted by molar-refractivity contribution is -0.144. The Morgan fingerprint density at radius 1 is 1.48 bits per heavy atom. The molecule has 1 aliphatic rings. The Labute approximate surface area is 167 Å². The first-order chi connectivity index (χ1) is 11.6. The molecule has 6 nitrogen and oxygen atoms in total. The Morgan fingerprint density at radius 2 is 2.20 bits per heavy atom. The number of carbonyl (C=O) groups excluding carboxylic acids is 1. The van der Waals surface area contributed by atoms with Crippen molar-refractivity contribution in [2.75, 3.05) is 40.4 Å². The number of hydrogen-bond acceptors (Lipinski definition) is 4. The number of nitrogens with one attached hydrogen (secondary N) is 1. The molecule has 0 aliphatic carbocycles. The molecule has 7 heteroatoms. The van der Waals surface area contributed by atoms with E-state index in [1.165, 1.54) is 18.2 Å². The molecule has 0 radical (unpaired) electrons. The number of rotatable bonds is 4. The molecule has 1 saturated heterocycles. The van der Waals surface area contributed by atoms with Crippen LogP contribution in [0.2, 0.25) is 0 Å². The average Bonchev–Trinajstić information content (AvgIpc) is 2.62. The Hall–Kier alpha value is -1.35. The normalized spacial score (nSPS) is 19.0. The summed E-state index contributed by atoms with van der Waals surface area (Å²) in [7, 11) is 3.16. The van der Waals surface area contributed by atoms with Crippen molar-refractivity contribution in [1.82, 2.24) is 10.2 Å². The van der Waals surface area contributed by atoms with E-state index in [9.17, 15) is 4.79 Å². The molecule has 1 fully saturated rings. The van der Waals surface area contributed by atoms with Gasteiger partial charge in [-0.1, -0.05) is 31.2 Å². The van der Waals surface area contributed by atoms with Crippen LogP contribution in [0.25, 0.3) is 0 Å². The Kier molecular flexibility index (Phi) is 9.20. The van der Waals surface area contributed by atoms with Crippen molar-refractivity contribution in [3.63, 3.8) is 0 Å². The fourth-order valence-electron chi connectivity index (χ4n) is 2.84. The third-order valence-corrected chi connectivity index (χ3v) is 4.28. The van der Waals surface area contributed by atoms with E-state index in [4.69, 9.17) is 9.47 Å². The zero-order chi connectivity index (χ0) is 17.5. The fourth-order valence-corrected chi connectivity index (χ4v) is 2.84. The third-order valence-electron chi connectivity index (χ3n) is 4.28. The maximum atomic E-state index is 11.5. The largest absolute Gasteiger partial charge is 0.469 e. The lowest BCUT2D eigenvalue weighted by Crippen LogP contribution is -2.49. The molecule has 0 amide bonds. The summed E-state index contributed by atoms with van der Waals surface area (Å²) in [4.78, 5) is 18.0. The summed E-state index contributed by atoms with van der Waals surface area (Å²) in [5.41, 5.74) is 2.44. The Morgan fingerprint density at radius 3 is 2.84 bits per heavy atom. The number of morpholine rings is 1. The van der Waals surface area contributed by atoms with Crippen LogP contribution in [0.4, 0.5) is 0 Å². The number of guanidine groups is 1. The topological polar surface area (TPSA) is 63.2 Å². The number of esters is 1. The van der Waals surface area contributed by atoms with E-state index in [2.05, 4.69) is 34.3 Å².